The molecule has 2 saturated carbocycles. The standard InChI is InChI=1S/C32H38N4O9/c1-14-6-8-17(9-7-14)45-31(43)34-13-16-12-20(35(2)3)18-10-15-11-19-24(36(4)5)27(39)23(30(33)42)29(41)32(19,44)28(40)21(15)26(38)22(18)25(16)37/h6-9,12,15,19,21,23-24,27,37,39,44H,10-11,13H2,1-5H3,(H2,33,42)(H,34,43)/t15-,19-,21?,23?,24-,27?,32-/m1/s1. The van der Waals surface area contributed by atoms with Crippen molar-refractivity contribution in [3.8, 4) is 11.5 Å². The van der Waals surface area contributed by atoms with Crippen LogP contribution in [0.5, 0.6) is 11.5 Å². The van der Waals surface area contributed by atoms with Gasteiger partial charge in [-0.05, 0) is 63.5 Å². The van der Waals surface area contributed by atoms with Crippen molar-refractivity contribution in [1.82, 2.24) is 10.2 Å². The summed E-state index contributed by atoms with van der Waals surface area (Å²) in [6.07, 6.45) is -2.20. The lowest BCUT2D eigenvalue weighted by Gasteiger charge is -2.55. The number of carbonyl (C=O) groups excluding carboxylic acids is 5. The molecule has 0 saturated heterocycles. The molecule has 3 aliphatic carbocycles. The van der Waals surface area contributed by atoms with Crippen LogP contribution in [0.15, 0.2) is 30.3 Å². The van der Waals surface area contributed by atoms with Crippen LogP contribution in [0.25, 0.3) is 0 Å². The van der Waals surface area contributed by atoms with Crippen LogP contribution in [0.2, 0.25) is 0 Å². The molecule has 0 bridgehead atoms. The monoisotopic (exact) mass is 622 g/mol. The van der Waals surface area contributed by atoms with Crippen molar-refractivity contribution in [1.29, 1.82) is 0 Å². The van der Waals surface area contributed by atoms with Gasteiger partial charge in [-0.2, -0.15) is 0 Å². The van der Waals surface area contributed by atoms with E-state index in [0.717, 1.165) is 5.56 Å². The summed E-state index contributed by atoms with van der Waals surface area (Å²) in [5, 5.41) is 36.8. The largest absolute Gasteiger partial charge is 0.507 e. The fraction of sp³-hybridized carbons (Fsp3) is 0.469. The average Bonchev–Trinajstić information content (AvgIpc) is 2.95. The molecule has 3 aliphatic rings. The summed E-state index contributed by atoms with van der Waals surface area (Å²) in [4.78, 5) is 69.8. The number of ketones is 3. The number of benzene rings is 2. The van der Waals surface area contributed by atoms with Gasteiger partial charge in [-0.1, -0.05) is 17.7 Å². The molecule has 7 atom stereocenters. The first-order valence-corrected chi connectivity index (χ1v) is 14.7. The number of nitrogens with two attached hydrogens (primary N) is 1. The zero-order valence-corrected chi connectivity index (χ0v) is 25.7. The van der Waals surface area contributed by atoms with Crippen molar-refractivity contribution < 1.29 is 44.0 Å². The molecule has 0 spiro atoms. The van der Waals surface area contributed by atoms with Crippen molar-refractivity contribution in [2.75, 3.05) is 33.1 Å². The Morgan fingerprint density at radius 1 is 1.09 bits per heavy atom. The molecule has 2 amide bonds. The minimum absolute atomic E-state index is 0.0109. The van der Waals surface area contributed by atoms with Gasteiger partial charge in [-0.15, -0.1) is 0 Å². The van der Waals surface area contributed by atoms with Gasteiger partial charge in [0.25, 0.3) is 0 Å². The van der Waals surface area contributed by atoms with Crippen LogP contribution in [0.4, 0.5) is 10.5 Å². The predicted molar refractivity (Wildman–Crippen MR) is 161 cm³/mol. The number of likely N-dealkylation sites (N-methyl/N-ethyl adjacent to an activating group) is 1. The lowest BCUT2D eigenvalue weighted by Crippen LogP contribution is -2.75. The molecule has 3 unspecified atom stereocenters. The van der Waals surface area contributed by atoms with Gasteiger partial charge in [0.1, 0.15) is 17.4 Å². The number of anilines is 1. The number of aromatic hydroxyl groups is 1. The lowest BCUT2D eigenvalue weighted by atomic mass is 9.52. The van der Waals surface area contributed by atoms with Gasteiger partial charge in [-0.25, -0.2) is 4.79 Å². The van der Waals surface area contributed by atoms with E-state index in [0.29, 0.717) is 17.0 Å². The quantitative estimate of drug-likeness (QED) is 0.278. The minimum atomic E-state index is -2.75. The van der Waals surface area contributed by atoms with E-state index in [9.17, 15) is 39.3 Å². The fourth-order valence-electron chi connectivity index (χ4n) is 7.37. The Hall–Kier alpha value is -4.33. The molecule has 0 radical (unpaired) electrons. The number of aryl methyl sites for hydroxylation is 1. The van der Waals surface area contributed by atoms with Gasteiger partial charge < -0.3 is 40.9 Å². The summed E-state index contributed by atoms with van der Waals surface area (Å²) in [6.45, 7) is 1.68. The number of fused-ring (bicyclic) bond motifs is 3. The van der Waals surface area contributed by atoms with E-state index in [1.807, 2.05) is 6.92 Å². The van der Waals surface area contributed by atoms with Crippen LogP contribution in [-0.2, 0) is 27.3 Å². The molecule has 0 aromatic heterocycles. The van der Waals surface area contributed by atoms with Crippen LogP contribution in [-0.4, -0.2) is 95.5 Å². The molecule has 6 N–H and O–H groups in total. The van der Waals surface area contributed by atoms with Crippen molar-refractivity contribution in [3.05, 3.63) is 52.6 Å². The van der Waals surface area contributed by atoms with Crippen LogP contribution in [0, 0.1) is 30.6 Å². The summed E-state index contributed by atoms with van der Waals surface area (Å²) in [6, 6.07) is 7.49. The van der Waals surface area contributed by atoms with Crippen molar-refractivity contribution in [3.63, 3.8) is 0 Å². The maximum Gasteiger partial charge on any atom is 0.412 e. The molecule has 2 aromatic rings. The highest BCUT2D eigenvalue weighted by molar-refractivity contribution is 6.25. The van der Waals surface area contributed by atoms with Crippen molar-refractivity contribution in [2.24, 2.45) is 29.4 Å². The number of hydrogen-bond donors (Lipinski definition) is 5. The van der Waals surface area contributed by atoms with E-state index >= 15 is 0 Å². The Labute approximate surface area is 259 Å². The Morgan fingerprint density at radius 2 is 1.73 bits per heavy atom. The number of ether oxygens (including phenoxy) is 1. The molecule has 13 heteroatoms. The first-order chi connectivity index (χ1) is 21.1. The summed E-state index contributed by atoms with van der Waals surface area (Å²) >= 11 is 0. The topological polar surface area (TPSA) is 200 Å². The molecule has 240 valence electrons. The van der Waals surface area contributed by atoms with Gasteiger partial charge >= 0.3 is 6.09 Å². The lowest BCUT2D eigenvalue weighted by molar-refractivity contribution is -0.190. The highest BCUT2D eigenvalue weighted by atomic mass is 16.6. The molecule has 0 heterocycles. The van der Waals surface area contributed by atoms with Crippen LogP contribution in [0.1, 0.15) is 33.5 Å². The third-order valence-corrected chi connectivity index (χ3v) is 9.48. The molecule has 0 aliphatic heterocycles. The smallest absolute Gasteiger partial charge is 0.412 e. The van der Waals surface area contributed by atoms with Gasteiger partial charge in [0, 0.05) is 43.9 Å². The first kappa shape index (κ1) is 32.1. The van der Waals surface area contributed by atoms with E-state index < -0.39 is 76.5 Å². The highest BCUT2D eigenvalue weighted by Crippen LogP contribution is 2.52. The van der Waals surface area contributed by atoms with Gasteiger partial charge in [0.2, 0.25) is 5.91 Å². The Bertz CT molecular complexity index is 1590. The van der Waals surface area contributed by atoms with Crippen LogP contribution in [0.3, 0.4) is 0 Å². The third-order valence-electron chi connectivity index (χ3n) is 9.48. The summed E-state index contributed by atoms with van der Waals surface area (Å²) < 4.78 is 5.29. The fourth-order valence-corrected chi connectivity index (χ4v) is 7.37. The number of rotatable bonds is 6. The zero-order valence-electron chi connectivity index (χ0n) is 25.7. The molecule has 2 fully saturated rings. The minimum Gasteiger partial charge on any atom is -0.507 e. The van der Waals surface area contributed by atoms with E-state index in [2.05, 4.69) is 5.32 Å². The van der Waals surface area contributed by atoms with E-state index in [1.165, 1.54) is 4.90 Å². The summed E-state index contributed by atoms with van der Waals surface area (Å²) in [5.74, 6) is -9.53. The van der Waals surface area contributed by atoms with Crippen LogP contribution >= 0.6 is 0 Å². The second kappa shape index (κ2) is 11.5. The number of hydrogen-bond acceptors (Lipinski definition) is 11. The number of nitrogens with zero attached hydrogens (tertiary/aromatic N) is 2. The number of primary amides is 1. The normalized spacial score (nSPS) is 29.0. The number of phenolic OH excluding ortho intramolecular Hbond substituents is 1. The molecule has 5 rings (SSSR count). The first-order valence-electron chi connectivity index (χ1n) is 14.7. The number of carbonyl (C=O) groups is 5. The third kappa shape index (κ3) is 5.14. The van der Waals surface area contributed by atoms with Gasteiger partial charge in [-0.3, -0.25) is 19.2 Å². The Morgan fingerprint density at radius 3 is 2.31 bits per heavy atom. The highest BCUT2D eigenvalue weighted by Gasteiger charge is 2.69. The average molecular weight is 623 g/mol. The van der Waals surface area contributed by atoms with Gasteiger partial charge in [0.05, 0.1) is 17.6 Å². The second-order valence-corrected chi connectivity index (χ2v) is 12.7. The molecule has 45 heavy (non-hydrogen) atoms. The number of aliphatic hydroxyl groups excluding tert-OH is 1. The number of aliphatic hydroxyl groups is 2. The maximum atomic E-state index is 14.1. The number of phenols is 1. The number of amides is 2. The molecular weight excluding hydrogens is 584 g/mol. The van der Waals surface area contributed by atoms with E-state index in [-0.39, 0.29) is 30.5 Å². The molecular formula is C32H38N4O9. The van der Waals surface area contributed by atoms with E-state index in [1.54, 1.807) is 63.4 Å². The van der Waals surface area contributed by atoms with Crippen molar-refractivity contribution >= 4 is 35.0 Å². The maximum absolute atomic E-state index is 14.1. The summed E-state index contributed by atoms with van der Waals surface area (Å²) in [5.41, 5.74) is 4.77. The number of nitrogens with one attached hydrogen (secondary N) is 1. The Balaban J connectivity index is 1.51. The number of Topliss-reactive ketones (excluding diaryl/α,β-unsaturated/α-hetero) is 3. The molecule has 13 nitrogen and oxygen atoms in total. The van der Waals surface area contributed by atoms with Crippen LogP contribution < -0.4 is 20.7 Å². The second-order valence-electron chi connectivity index (χ2n) is 12.7. The van der Waals surface area contributed by atoms with E-state index in [4.69, 9.17) is 10.5 Å². The van der Waals surface area contributed by atoms with Crippen molar-refractivity contribution in [2.45, 2.75) is 44.1 Å². The summed E-state index contributed by atoms with van der Waals surface area (Å²) in [7, 11) is 6.68. The van der Waals surface area contributed by atoms with Gasteiger partial charge in [0.15, 0.2) is 23.0 Å². The zero-order chi connectivity index (χ0) is 33.1. The Kier molecular flexibility index (Phi) is 8.23. The SMILES string of the molecule is Cc1ccc(OC(=O)NCc2cc(N(C)C)c3c(c2O)C(=O)C2C(=O)[C@@]4(O)C(=O)C(C(N)=O)C(O)[C@H](N(C)C)[C@H]4C[C@H]2C3)cc1. The molecule has 2 aromatic carbocycles. The predicted octanol–water partition coefficient (Wildman–Crippen LogP) is 0.322.